The zero-order valence-electron chi connectivity index (χ0n) is 19.0. The Labute approximate surface area is 182 Å². The third-order valence-electron chi connectivity index (χ3n) is 6.27. The maximum absolute atomic E-state index is 12.6. The second kappa shape index (κ2) is 12.5. The summed E-state index contributed by atoms with van der Waals surface area (Å²) in [6.07, 6.45) is 6.98. The molecule has 0 atom stereocenters. The molecule has 0 unspecified atom stereocenters. The van der Waals surface area contributed by atoms with E-state index < -0.39 is 10.0 Å². The minimum Gasteiger partial charge on any atom is -0.357 e. The fourth-order valence-electron chi connectivity index (χ4n) is 3.95. The van der Waals surface area contributed by atoms with E-state index in [1.165, 1.54) is 6.42 Å². The number of aliphatic imine (C=N–C) groups is 1. The Balaban J connectivity index is 1.77. The van der Waals surface area contributed by atoms with Gasteiger partial charge in [-0.15, -0.1) is 0 Å². The summed E-state index contributed by atoms with van der Waals surface area (Å²) in [4.78, 5) is 19.0. The third kappa shape index (κ3) is 8.06. The van der Waals surface area contributed by atoms with Gasteiger partial charge in [-0.2, -0.15) is 0 Å². The Morgan fingerprint density at radius 2 is 1.77 bits per heavy atom. The van der Waals surface area contributed by atoms with Crippen LogP contribution in [0.2, 0.25) is 0 Å². The van der Waals surface area contributed by atoms with Crippen molar-refractivity contribution in [3.05, 3.63) is 0 Å². The monoisotopic (exact) mass is 443 g/mol. The molecule has 1 saturated heterocycles. The number of piperidine rings is 1. The zero-order chi connectivity index (χ0) is 22.0. The van der Waals surface area contributed by atoms with Crippen LogP contribution in [0, 0.1) is 11.8 Å². The van der Waals surface area contributed by atoms with Gasteiger partial charge in [0.05, 0.1) is 12.3 Å². The molecular formula is C21H41N5O3S. The van der Waals surface area contributed by atoms with Crippen molar-refractivity contribution in [2.45, 2.75) is 71.8 Å². The van der Waals surface area contributed by atoms with Gasteiger partial charge in [-0.25, -0.2) is 13.1 Å². The van der Waals surface area contributed by atoms with E-state index in [-0.39, 0.29) is 30.2 Å². The number of rotatable bonds is 11. The molecule has 1 amide bonds. The molecule has 0 aromatic rings. The van der Waals surface area contributed by atoms with E-state index in [1.54, 1.807) is 0 Å². The Morgan fingerprint density at radius 3 is 2.30 bits per heavy atom. The number of nitrogens with one attached hydrogen (secondary N) is 3. The maximum Gasteiger partial charge on any atom is 0.225 e. The molecule has 0 aromatic heterocycles. The lowest BCUT2D eigenvalue weighted by atomic mass is 9.86. The summed E-state index contributed by atoms with van der Waals surface area (Å²) < 4.78 is 27.0. The highest BCUT2D eigenvalue weighted by atomic mass is 32.2. The van der Waals surface area contributed by atoms with E-state index in [0.29, 0.717) is 25.0 Å². The van der Waals surface area contributed by atoms with E-state index in [4.69, 9.17) is 0 Å². The van der Waals surface area contributed by atoms with Crippen LogP contribution in [-0.4, -0.2) is 69.7 Å². The summed E-state index contributed by atoms with van der Waals surface area (Å²) in [5, 5.41) is 6.61. The summed E-state index contributed by atoms with van der Waals surface area (Å²) in [7, 11) is -3.28. The number of carbonyl (C=O) groups excluding carboxylic acids is 1. The number of likely N-dealkylation sites (tertiary alicyclic amines) is 1. The minimum absolute atomic E-state index is 0.00132. The fourth-order valence-corrected chi connectivity index (χ4v) is 4.91. The normalized spacial score (nSPS) is 19.1. The first-order valence-electron chi connectivity index (χ1n) is 11.7. The lowest BCUT2D eigenvalue weighted by Gasteiger charge is -2.34. The molecule has 0 spiro atoms. The van der Waals surface area contributed by atoms with Gasteiger partial charge in [0, 0.05) is 38.1 Å². The van der Waals surface area contributed by atoms with E-state index in [1.807, 2.05) is 11.8 Å². The second-order valence-corrected chi connectivity index (χ2v) is 10.4. The molecule has 30 heavy (non-hydrogen) atoms. The van der Waals surface area contributed by atoms with Gasteiger partial charge >= 0.3 is 0 Å². The van der Waals surface area contributed by atoms with Gasteiger partial charge in [-0.05, 0) is 51.4 Å². The first kappa shape index (κ1) is 24.9. The summed E-state index contributed by atoms with van der Waals surface area (Å²) in [5.74, 6) is 1.56. The van der Waals surface area contributed by atoms with Crippen LogP contribution >= 0.6 is 0 Å². The van der Waals surface area contributed by atoms with Crippen LogP contribution < -0.4 is 15.4 Å². The topological polar surface area (TPSA) is 103 Å². The van der Waals surface area contributed by atoms with Gasteiger partial charge in [0.1, 0.15) is 0 Å². The first-order valence-corrected chi connectivity index (χ1v) is 13.3. The number of nitrogens with zero attached hydrogens (tertiary/aromatic N) is 2. The van der Waals surface area contributed by atoms with Crippen molar-refractivity contribution in [3.8, 4) is 0 Å². The van der Waals surface area contributed by atoms with Gasteiger partial charge in [-0.3, -0.25) is 9.79 Å². The zero-order valence-corrected chi connectivity index (χ0v) is 19.8. The number of hydrogen-bond acceptors (Lipinski definition) is 4. The van der Waals surface area contributed by atoms with Gasteiger partial charge < -0.3 is 15.5 Å². The highest BCUT2D eigenvalue weighted by Crippen LogP contribution is 2.25. The third-order valence-corrected chi connectivity index (χ3v) is 7.60. The molecule has 9 heteroatoms. The first-order chi connectivity index (χ1) is 14.4. The molecule has 1 heterocycles. The van der Waals surface area contributed by atoms with Crippen molar-refractivity contribution >= 4 is 21.9 Å². The smallest absolute Gasteiger partial charge is 0.225 e. The number of hydrogen-bond donors (Lipinski definition) is 3. The van der Waals surface area contributed by atoms with Crippen LogP contribution in [0.4, 0.5) is 0 Å². The van der Waals surface area contributed by atoms with Crippen LogP contribution in [0.3, 0.4) is 0 Å². The van der Waals surface area contributed by atoms with Gasteiger partial charge in [0.2, 0.25) is 15.9 Å². The van der Waals surface area contributed by atoms with Crippen LogP contribution in [0.1, 0.15) is 65.7 Å². The molecule has 8 nitrogen and oxygen atoms in total. The van der Waals surface area contributed by atoms with Crippen molar-refractivity contribution < 1.29 is 13.2 Å². The van der Waals surface area contributed by atoms with E-state index in [2.05, 4.69) is 34.2 Å². The van der Waals surface area contributed by atoms with Crippen LogP contribution in [0.15, 0.2) is 4.99 Å². The SMILES string of the molecule is CCNC(=NCCS(=O)(=O)NCC1CCC1)NC1CCN(C(=O)C(CC)CC)CC1. The highest BCUT2D eigenvalue weighted by Gasteiger charge is 2.27. The highest BCUT2D eigenvalue weighted by molar-refractivity contribution is 7.89. The molecule has 1 aliphatic carbocycles. The Kier molecular flexibility index (Phi) is 10.4. The molecule has 3 N–H and O–H groups in total. The van der Waals surface area contributed by atoms with Crippen LogP contribution in [0.25, 0.3) is 0 Å². The number of guanidine groups is 1. The maximum atomic E-state index is 12.6. The molecule has 0 bridgehead atoms. The molecular weight excluding hydrogens is 402 g/mol. The standard InChI is InChI=1S/C21H41N5O3S/c1-4-18(5-2)20(27)26-13-10-19(11-14-26)25-21(22-6-3)23-12-15-30(28,29)24-16-17-8-7-9-17/h17-19,24H,4-16H2,1-3H3,(H2,22,23,25). The Bertz CT molecular complexity index is 652. The lowest BCUT2D eigenvalue weighted by Crippen LogP contribution is -2.50. The average Bonchev–Trinajstić information content (AvgIpc) is 2.68. The minimum atomic E-state index is -3.28. The number of carbonyl (C=O) groups is 1. The van der Waals surface area contributed by atoms with Gasteiger partial charge in [0.25, 0.3) is 0 Å². The fraction of sp³-hybridized carbons (Fsp3) is 0.905. The quantitative estimate of drug-likeness (QED) is 0.333. The van der Waals surface area contributed by atoms with Crippen molar-refractivity contribution in [2.75, 3.05) is 38.5 Å². The largest absolute Gasteiger partial charge is 0.357 e. The molecule has 2 fully saturated rings. The van der Waals surface area contributed by atoms with E-state index in [9.17, 15) is 13.2 Å². The van der Waals surface area contributed by atoms with Gasteiger partial charge in [-0.1, -0.05) is 20.3 Å². The number of sulfonamides is 1. The summed E-state index contributed by atoms with van der Waals surface area (Å²) in [6.45, 7) is 9.14. The van der Waals surface area contributed by atoms with Crippen LogP contribution in [-0.2, 0) is 14.8 Å². The van der Waals surface area contributed by atoms with Crippen molar-refractivity contribution in [2.24, 2.45) is 16.8 Å². The van der Waals surface area contributed by atoms with Gasteiger partial charge in [0.15, 0.2) is 5.96 Å². The van der Waals surface area contributed by atoms with Crippen molar-refractivity contribution in [1.29, 1.82) is 0 Å². The lowest BCUT2D eigenvalue weighted by molar-refractivity contribution is -0.136. The second-order valence-electron chi connectivity index (χ2n) is 8.48. The van der Waals surface area contributed by atoms with Crippen LogP contribution in [0.5, 0.6) is 0 Å². The molecule has 1 saturated carbocycles. The van der Waals surface area contributed by atoms with E-state index in [0.717, 1.165) is 51.6 Å². The summed E-state index contributed by atoms with van der Waals surface area (Å²) in [5.41, 5.74) is 0. The predicted molar refractivity (Wildman–Crippen MR) is 122 cm³/mol. The summed E-state index contributed by atoms with van der Waals surface area (Å²) >= 11 is 0. The summed E-state index contributed by atoms with van der Waals surface area (Å²) in [6, 6.07) is 0.238. The van der Waals surface area contributed by atoms with E-state index >= 15 is 0 Å². The molecule has 1 aliphatic heterocycles. The number of amides is 1. The molecule has 2 aliphatic rings. The molecule has 2 rings (SSSR count). The Hall–Kier alpha value is -1.35. The average molecular weight is 444 g/mol. The Morgan fingerprint density at radius 1 is 1.10 bits per heavy atom. The molecule has 0 aromatic carbocycles. The molecule has 0 radical (unpaired) electrons. The van der Waals surface area contributed by atoms with Crippen molar-refractivity contribution in [3.63, 3.8) is 0 Å². The predicted octanol–water partition coefficient (Wildman–Crippen LogP) is 1.69. The molecule has 174 valence electrons. The van der Waals surface area contributed by atoms with Crippen molar-refractivity contribution in [1.82, 2.24) is 20.3 Å².